The summed E-state index contributed by atoms with van der Waals surface area (Å²) < 4.78 is 27.6. The Labute approximate surface area is 115 Å². The van der Waals surface area contributed by atoms with Crippen LogP contribution in [0.3, 0.4) is 0 Å². The van der Waals surface area contributed by atoms with Crippen LogP contribution >= 0.6 is 0 Å². The van der Waals surface area contributed by atoms with Crippen LogP contribution in [-0.2, 0) is 10.0 Å². The summed E-state index contributed by atoms with van der Waals surface area (Å²) in [5, 5.41) is 0. The second-order valence-electron chi connectivity index (χ2n) is 5.50. The lowest BCUT2D eigenvalue weighted by molar-refractivity contribution is 0.373. The van der Waals surface area contributed by atoms with Crippen molar-refractivity contribution >= 4 is 10.0 Å². The van der Waals surface area contributed by atoms with Crippen LogP contribution in [-0.4, -0.2) is 20.5 Å². The maximum atomic E-state index is 12.4. The number of nitrogens with one attached hydrogen (secondary N) is 1. The molecule has 106 valence electrons. The van der Waals surface area contributed by atoms with Crippen molar-refractivity contribution in [1.82, 2.24) is 4.72 Å². The number of benzene rings is 1. The van der Waals surface area contributed by atoms with E-state index in [2.05, 4.69) is 4.72 Å². The van der Waals surface area contributed by atoms with Crippen molar-refractivity contribution < 1.29 is 8.42 Å². The first-order valence-electron chi connectivity index (χ1n) is 6.73. The molecular formula is C14H22N2O2S. The molecule has 1 aromatic rings. The maximum absolute atomic E-state index is 12.4. The maximum Gasteiger partial charge on any atom is 0.241 e. The molecule has 0 saturated heterocycles. The lowest BCUT2D eigenvalue weighted by Gasteiger charge is -2.26. The van der Waals surface area contributed by atoms with Crippen LogP contribution in [0, 0.1) is 13.8 Å². The van der Waals surface area contributed by atoms with Crippen molar-refractivity contribution in [1.29, 1.82) is 0 Å². The molecule has 1 aliphatic rings. The fourth-order valence-electron chi connectivity index (χ4n) is 2.52. The first kappa shape index (κ1) is 14.5. The molecule has 0 radical (unpaired) electrons. The Hall–Kier alpha value is -0.910. The molecule has 19 heavy (non-hydrogen) atoms. The summed E-state index contributed by atoms with van der Waals surface area (Å²) in [6.45, 7) is 3.73. The molecule has 5 heteroatoms. The van der Waals surface area contributed by atoms with Crippen molar-refractivity contribution in [2.75, 3.05) is 0 Å². The van der Waals surface area contributed by atoms with Crippen molar-refractivity contribution in [2.45, 2.75) is 56.5 Å². The average molecular weight is 282 g/mol. The standard InChI is InChI=1S/C14H22N2O2S/c1-10-3-4-11(2)14(9-10)19(17,18)16-13-7-5-12(15)6-8-13/h3-4,9,12-13,16H,5-8,15H2,1-2H3. The van der Waals surface area contributed by atoms with Gasteiger partial charge >= 0.3 is 0 Å². The van der Waals surface area contributed by atoms with Gasteiger partial charge in [0.1, 0.15) is 0 Å². The highest BCUT2D eigenvalue weighted by atomic mass is 32.2. The van der Waals surface area contributed by atoms with Crippen molar-refractivity contribution in [3.63, 3.8) is 0 Å². The third-order valence-corrected chi connectivity index (χ3v) is 5.39. The van der Waals surface area contributed by atoms with Gasteiger partial charge in [-0.1, -0.05) is 12.1 Å². The minimum Gasteiger partial charge on any atom is -0.328 e. The van der Waals surface area contributed by atoms with E-state index in [9.17, 15) is 8.42 Å². The molecule has 0 aromatic heterocycles. The lowest BCUT2D eigenvalue weighted by atomic mass is 9.93. The molecular weight excluding hydrogens is 260 g/mol. The number of sulfonamides is 1. The smallest absolute Gasteiger partial charge is 0.241 e. The number of aryl methyl sites for hydroxylation is 2. The highest BCUT2D eigenvalue weighted by Gasteiger charge is 2.25. The van der Waals surface area contributed by atoms with Crippen molar-refractivity contribution in [2.24, 2.45) is 5.73 Å². The van der Waals surface area contributed by atoms with Crippen LogP contribution in [0.2, 0.25) is 0 Å². The third-order valence-electron chi connectivity index (χ3n) is 3.73. The van der Waals surface area contributed by atoms with Gasteiger partial charge in [-0.15, -0.1) is 0 Å². The monoisotopic (exact) mass is 282 g/mol. The molecule has 0 atom stereocenters. The van der Waals surface area contributed by atoms with E-state index in [1.54, 1.807) is 6.07 Å². The van der Waals surface area contributed by atoms with Crippen LogP contribution < -0.4 is 10.5 Å². The van der Waals surface area contributed by atoms with Crippen molar-refractivity contribution in [3.05, 3.63) is 29.3 Å². The molecule has 0 unspecified atom stereocenters. The van der Waals surface area contributed by atoms with E-state index in [0.717, 1.165) is 36.8 Å². The number of hydrogen-bond acceptors (Lipinski definition) is 3. The van der Waals surface area contributed by atoms with Gasteiger partial charge in [-0.3, -0.25) is 0 Å². The lowest BCUT2D eigenvalue weighted by Crippen LogP contribution is -2.40. The van der Waals surface area contributed by atoms with E-state index in [4.69, 9.17) is 5.73 Å². The van der Waals surface area contributed by atoms with Gasteiger partial charge in [0.2, 0.25) is 10.0 Å². The highest BCUT2D eigenvalue weighted by molar-refractivity contribution is 7.89. The van der Waals surface area contributed by atoms with Crippen molar-refractivity contribution in [3.8, 4) is 0 Å². The quantitative estimate of drug-likeness (QED) is 0.888. The van der Waals surface area contributed by atoms with Gasteiger partial charge in [-0.2, -0.15) is 0 Å². The van der Waals surface area contributed by atoms with E-state index in [-0.39, 0.29) is 12.1 Å². The molecule has 1 saturated carbocycles. The molecule has 0 spiro atoms. The summed E-state index contributed by atoms with van der Waals surface area (Å²) in [4.78, 5) is 0.391. The second kappa shape index (κ2) is 5.61. The Kier molecular flexibility index (Phi) is 4.28. The highest BCUT2D eigenvalue weighted by Crippen LogP contribution is 2.21. The molecule has 1 fully saturated rings. The number of nitrogens with two attached hydrogens (primary N) is 1. The average Bonchev–Trinajstić information content (AvgIpc) is 2.35. The zero-order valence-corrected chi connectivity index (χ0v) is 12.3. The molecule has 0 aliphatic heterocycles. The summed E-state index contributed by atoms with van der Waals surface area (Å²) in [6.07, 6.45) is 3.43. The first-order chi connectivity index (χ1) is 8.88. The SMILES string of the molecule is Cc1ccc(C)c(S(=O)(=O)NC2CCC(N)CC2)c1. The van der Waals surface area contributed by atoms with Crippen LogP contribution in [0.1, 0.15) is 36.8 Å². The van der Waals surface area contributed by atoms with Gasteiger partial charge in [-0.05, 0) is 56.7 Å². The zero-order valence-electron chi connectivity index (χ0n) is 11.5. The molecule has 3 N–H and O–H groups in total. The third kappa shape index (κ3) is 3.55. The zero-order chi connectivity index (χ0) is 14.0. The molecule has 4 nitrogen and oxygen atoms in total. The topological polar surface area (TPSA) is 72.2 Å². The van der Waals surface area contributed by atoms with Crippen LogP contribution in [0.5, 0.6) is 0 Å². The normalized spacial score (nSPS) is 24.4. The predicted octanol–water partition coefficient (Wildman–Crippen LogP) is 1.85. The van der Waals surface area contributed by atoms with Gasteiger partial charge in [0.05, 0.1) is 4.90 Å². The minimum atomic E-state index is -3.42. The summed E-state index contributed by atoms with van der Waals surface area (Å²) in [6, 6.07) is 5.74. The molecule has 0 heterocycles. The molecule has 0 amide bonds. The first-order valence-corrected chi connectivity index (χ1v) is 8.22. The molecule has 0 bridgehead atoms. The minimum absolute atomic E-state index is 0.0183. The summed E-state index contributed by atoms with van der Waals surface area (Å²) in [7, 11) is -3.42. The second-order valence-corrected chi connectivity index (χ2v) is 7.18. The van der Waals surface area contributed by atoms with E-state index >= 15 is 0 Å². The molecule has 2 rings (SSSR count). The van der Waals surface area contributed by atoms with Gasteiger partial charge < -0.3 is 5.73 Å². The largest absolute Gasteiger partial charge is 0.328 e. The van der Waals surface area contributed by atoms with Gasteiger partial charge in [0, 0.05) is 12.1 Å². The van der Waals surface area contributed by atoms with Crippen LogP contribution in [0.25, 0.3) is 0 Å². The van der Waals surface area contributed by atoms with E-state index in [1.165, 1.54) is 0 Å². The summed E-state index contributed by atoms with van der Waals surface area (Å²) in [5.41, 5.74) is 7.58. The summed E-state index contributed by atoms with van der Waals surface area (Å²) in [5.74, 6) is 0. The number of hydrogen-bond donors (Lipinski definition) is 2. The van der Waals surface area contributed by atoms with Gasteiger partial charge in [0.15, 0.2) is 0 Å². The Morgan fingerprint density at radius 2 is 1.79 bits per heavy atom. The predicted molar refractivity (Wildman–Crippen MR) is 76.5 cm³/mol. The van der Waals surface area contributed by atoms with E-state index < -0.39 is 10.0 Å². The Bertz CT molecular complexity index is 547. The Morgan fingerprint density at radius 1 is 1.16 bits per heavy atom. The van der Waals surface area contributed by atoms with E-state index in [0.29, 0.717) is 4.90 Å². The van der Waals surface area contributed by atoms with Gasteiger partial charge in [-0.25, -0.2) is 13.1 Å². The fourth-order valence-corrected chi connectivity index (χ4v) is 4.15. The summed E-state index contributed by atoms with van der Waals surface area (Å²) >= 11 is 0. The Morgan fingerprint density at radius 3 is 2.42 bits per heavy atom. The van der Waals surface area contributed by atoms with Crippen LogP contribution in [0.15, 0.2) is 23.1 Å². The Balaban J connectivity index is 2.16. The fraction of sp³-hybridized carbons (Fsp3) is 0.571. The van der Waals surface area contributed by atoms with Crippen LogP contribution in [0.4, 0.5) is 0 Å². The molecule has 1 aliphatic carbocycles. The van der Waals surface area contributed by atoms with Gasteiger partial charge in [0.25, 0.3) is 0 Å². The van der Waals surface area contributed by atoms with E-state index in [1.807, 2.05) is 26.0 Å². The number of rotatable bonds is 3. The molecule has 1 aromatic carbocycles.